The lowest BCUT2D eigenvalue weighted by Crippen LogP contribution is -2.23. The molecule has 4 N–H and O–H groups in total. The zero-order valence-electron chi connectivity index (χ0n) is 38.0. The van der Waals surface area contributed by atoms with Gasteiger partial charge in [-0.1, -0.05) is 47.6 Å². The molecule has 7 aromatic rings. The summed E-state index contributed by atoms with van der Waals surface area (Å²) in [6.07, 6.45) is 17.1. The van der Waals surface area contributed by atoms with Crippen molar-refractivity contribution in [1.29, 1.82) is 0 Å². The number of hydrogen-bond donors (Lipinski definition) is 4. The SMILES string of the molecule is C=CCC(=O)Nc1cccc(OCc2cccnc2)c1.Cc1cc(C(=O)Nc2cccc(OCc3cccnc3)c2)no1.O=C(/C=C/C(=O)Nc1cccc(OCc2cccnc2)c1)NCC1CC1. The van der Waals surface area contributed by atoms with Crippen LogP contribution in [0.4, 0.5) is 17.1 Å². The predicted molar refractivity (Wildman–Crippen MR) is 261 cm³/mol. The third kappa shape index (κ3) is 18.8. The number of aromatic nitrogens is 4. The Morgan fingerprint density at radius 3 is 1.54 bits per heavy atom. The monoisotopic (exact) mass is 928 g/mol. The number of amides is 4. The largest absolute Gasteiger partial charge is 0.489 e. The van der Waals surface area contributed by atoms with Crippen LogP contribution in [0.25, 0.3) is 0 Å². The van der Waals surface area contributed by atoms with Gasteiger partial charge in [0.05, 0.1) is 0 Å². The van der Waals surface area contributed by atoms with Crippen molar-refractivity contribution in [2.75, 3.05) is 22.5 Å². The molecule has 1 aliphatic rings. The lowest BCUT2D eigenvalue weighted by Gasteiger charge is -2.08. The standard InChI is InChI=1S/C20H21N3O3.C17H15N3O3.C16H16N2O2/c24-19(22-13-15-6-7-15)8-9-20(25)23-17-4-1-5-18(11-17)26-14-16-3-2-10-21-12-16;1-12-8-16(20-23-12)17(21)19-14-5-2-6-15(9-14)22-11-13-4-3-7-18-10-13;1-2-5-16(19)18-14-7-3-8-15(10-14)20-12-13-6-4-9-17-11-13/h1-5,8-12,15H,6-7,13-14H2,(H,22,24)(H,23,25);2-10H,11H2,1H3,(H,19,21);2-4,6-11H,1,5,12H2,(H,18,19)/b9-8+;;. The summed E-state index contributed by atoms with van der Waals surface area (Å²) in [6, 6.07) is 34.5. The maximum atomic E-state index is 12.0. The topological polar surface area (TPSA) is 209 Å². The molecule has 69 heavy (non-hydrogen) atoms. The molecule has 16 nitrogen and oxygen atoms in total. The van der Waals surface area contributed by atoms with Gasteiger partial charge in [0, 0.05) is 120 Å². The molecule has 0 unspecified atom stereocenters. The maximum Gasteiger partial charge on any atom is 0.277 e. The number of carbonyl (C=O) groups is 4. The summed E-state index contributed by atoms with van der Waals surface area (Å²) in [7, 11) is 0. The van der Waals surface area contributed by atoms with E-state index in [2.05, 4.69) is 48.0 Å². The highest BCUT2D eigenvalue weighted by Crippen LogP contribution is 2.27. The van der Waals surface area contributed by atoms with Gasteiger partial charge in [-0.25, -0.2) is 0 Å². The van der Waals surface area contributed by atoms with Crippen molar-refractivity contribution in [3.8, 4) is 17.2 Å². The summed E-state index contributed by atoms with van der Waals surface area (Å²) < 4.78 is 22.0. The molecule has 4 heterocycles. The van der Waals surface area contributed by atoms with Crippen LogP contribution in [0.15, 0.2) is 182 Å². The van der Waals surface area contributed by atoms with Crippen LogP contribution in [-0.4, -0.2) is 50.3 Å². The fraction of sp³-hybridized carbons (Fsp3) is 0.170. The summed E-state index contributed by atoms with van der Waals surface area (Å²) in [5.74, 6) is 2.15. The normalized spacial score (nSPS) is 11.3. The van der Waals surface area contributed by atoms with Gasteiger partial charge in [-0.05, 0) is 80.3 Å². The second-order valence-corrected chi connectivity index (χ2v) is 15.4. The third-order valence-electron chi connectivity index (χ3n) is 9.53. The number of pyridine rings is 3. The van der Waals surface area contributed by atoms with E-state index in [9.17, 15) is 19.2 Å². The molecule has 0 spiro atoms. The van der Waals surface area contributed by atoms with Crippen molar-refractivity contribution in [2.24, 2.45) is 5.92 Å². The first-order valence-corrected chi connectivity index (χ1v) is 21.9. The Morgan fingerprint density at radius 1 is 0.623 bits per heavy atom. The minimum absolute atomic E-state index is 0.0931. The van der Waals surface area contributed by atoms with E-state index in [0.29, 0.717) is 78.8 Å². The molecule has 352 valence electrons. The number of nitrogens with one attached hydrogen (secondary N) is 4. The molecule has 0 saturated heterocycles. The Labute approximate surface area is 399 Å². The fourth-order valence-corrected chi connectivity index (χ4v) is 5.91. The number of aryl methyl sites for hydroxylation is 1. The number of hydrogen-bond acceptors (Lipinski definition) is 12. The Kier molecular flexibility index (Phi) is 19.3. The third-order valence-corrected chi connectivity index (χ3v) is 9.53. The van der Waals surface area contributed by atoms with Gasteiger partial charge >= 0.3 is 0 Å². The van der Waals surface area contributed by atoms with Crippen LogP contribution in [0.2, 0.25) is 0 Å². The highest BCUT2D eigenvalue weighted by Gasteiger charge is 2.21. The predicted octanol–water partition coefficient (Wildman–Crippen LogP) is 9.07. The minimum atomic E-state index is -0.365. The van der Waals surface area contributed by atoms with E-state index in [1.807, 2.05) is 72.8 Å². The van der Waals surface area contributed by atoms with E-state index < -0.39 is 0 Å². The van der Waals surface area contributed by atoms with Crippen LogP contribution in [-0.2, 0) is 34.2 Å². The number of nitrogens with zero attached hydrogens (tertiary/aromatic N) is 4. The van der Waals surface area contributed by atoms with Gasteiger partial charge in [0.2, 0.25) is 17.7 Å². The first-order chi connectivity index (χ1) is 33.7. The zero-order valence-corrected chi connectivity index (χ0v) is 38.0. The van der Waals surface area contributed by atoms with Gasteiger partial charge in [0.25, 0.3) is 5.91 Å². The second kappa shape index (κ2) is 26.9. The Bertz CT molecular complexity index is 2770. The van der Waals surface area contributed by atoms with E-state index >= 15 is 0 Å². The zero-order chi connectivity index (χ0) is 48.5. The molecule has 16 heteroatoms. The number of carbonyl (C=O) groups excluding carboxylic acids is 4. The average Bonchev–Trinajstić information content (AvgIpc) is 4.11. The Hall–Kier alpha value is -8.92. The number of rotatable bonds is 19. The summed E-state index contributed by atoms with van der Waals surface area (Å²) in [4.78, 5) is 59.1. The highest BCUT2D eigenvalue weighted by molar-refractivity contribution is 6.04. The van der Waals surface area contributed by atoms with Gasteiger partial charge in [-0.3, -0.25) is 34.1 Å². The first-order valence-electron chi connectivity index (χ1n) is 21.9. The molecule has 0 bridgehead atoms. The summed E-state index contributed by atoms with van der Waals surface area (Å²) in [5.41, 5.74) is 5.10. The van der Waals surface area contributed by atoms with Crippen molar-refractivity contribution in [3.05, 3.63) is 205 Å². The first kappa shape index (κ1) is 49.5. The minimum Gasteiger partial charge on any atom is -0.489 e. The molecule has 3 aromatic carbocycles. The fourth-order valence-electron chi connectivity index (χ4n) is 5.91. The van der Waals surface area contributed by atoms with E-state index in [4.69, 9.17) is 18.7 Å². The summed E-state index contributed by atoms with van der Waals surface area (Å²) >= 11 is 0. The molecule has 1 saturated carbocycles. The molecule has 0 atom stereocenters. The van der Waals surface area contributed by atoms with Gasteiger partial charge in [-0.2, -0.15) is 0 Å². The van der Waals surface area contributed by atoms with E-state index in [0.717, 1.165) is 16.7 Å². The molecular weight excluding hydrogens is 877 g/mol. The second-order valence-electron chi connectivity index (χ2n) is 15.4. The van der Waals surface area contributed by atoms with Crippen LogP contribution in [0.3, 0.4) is 0 Å². The lowest BCUT2D eigenvalue weighted by molar-refractivity contribution is -0.117. The van der Waals surface area contributed by atoms with Crippen LogP contribution in [0.1, 0.15) is 52.2 Å². The van der Waals surface area contributed by atoms with E-state index in [1.165, 1.54) is 25.0 Å². The van der Waals surface area contributed by atoms with Gasteiger partial charge < -0.3 is 40.0 Å². The van der Waals surface area contributed by atoms with E-state index in [1.54, 1.807) is 92.6 Å². The molecule has 1 fully saturated rings. The number of anilines is 3. The maximum absolute atomic E-state index is 12.0. The Morgan fingerprint density at radius 2 is 1.10 bits per heavy atom. The molecule has 0 aliphatic heterocycles. The van der Waals surface area contributed by atoms with Crippen molar-refractivity contribution >= 4 is 40.7 Å². The van der Waals surface area contributed by atoms with Gasteiger partial charge in [-0.15, -0.1) is 6.58 Å². The van der Waals surface area contributed by atoms with Crippen LogP contribution in [0.5, 0.6) is 17.2 Å². The van der Waals surface area contributed by atoms with Gasteiger partial charge in [0.15, 0.2) is 5.69 Å². The van der Waals surface area contributed by atoms with Crippen LogP contribution >= 0.6 is 0 Å². The summed E-state index contributed by atoms with van der Waals surface area (Å²) in [6.45, 7) is 7.19. The molecule has 8 rings (SSSR count). The van der Waals surface area contributed by atoms with Crippen molar-refractivity contribution in [3.63, 3.8) is 0 Å². The average molecular weight is 929 g/mol. The van der Waals surface area contributed by atoms with Crippen LogP contribution in [0, 0.1) is 12.8 Å². The van der Waals surface area contributed by atoms with E-state index in [-0.39, 0.29) is 29.3 Å². The van der Waals surface area contributed by atoms with Crippen LogP contribution < -0.4 is 35.5 Å². The van der Waals surface area contributed by atoms with Gasteiger partial charge in [0.1, 0.15) is 42.8 Å². The van der Waals surface area contributed by atoms with Crippen molar-refractivity contribution < 1.29 is 37.9 Å². The van der Waals surface area contributed by atoms with Crippen molar-refractivity contribution in [2.45, 2.75) is 46.0 Å². The lowest BCUT2D eigenvalue weighted by atomic mass is 10.2. The quantitative estimate of drug-likeness (QED) is 0.0442. The number of benzene rings is 3. The highest BCUT2D eigenvalue weighted by atomic mass is 16.5. The molecular formula is C53H52N8O8. The summed E-state index contributed by atoms with van der Waals surface area (Å²) in [5, 5.41) is 14.7. The Balaban J connectivity index is 0.000000172. The molecule has 4 amide bonds. The molecule has 4 aromatic heterocycles. The molecule has 0 radical (unpaired) electrons. The number of ether oxygens (including phenoxy) is 3. The smallest absolute Gasteiger partial charge is 0.277 e. The van der Waals surface area contributed by atoms with Crippen molar-refractivity contribution in [1.82, 2.24) is 25.4 Å². The molecule has 1 aliphatic carbocycles.